The van der Waals surface area contributed by atoms with Gasteiger partial charge in [-0.3, -0.25) is 4.79 Å². The Morgan fingerprint density at radius 1 is 0.640 bits per heavy atom. The molecule has 0 aromatic rings. The predicted molar refractivity (Wildman–Crippen MR) is 254 cm³/mol. The average molecular weight is 1080 g/mol. The Kier molecular flexibility index (Phi) is 16.9. The molecule has 5 aliphatic heterocycles. The van der Waals surface area contributed by atoms with Crippen molar-refractivity contribution < 1.29 is 114 Å². The Hall–Kier alpha value is -1.47. The summed E-state index contributed by atoms with van der Waals surface area (Å²) in [5.41, 5.74) is 0.212. The molecule has 9 rings (SSSR count). The van der Waals surface area contributed by atoms with E-state index < -0.39 is 178 Å². The number of ether oxygens (including phenoxy) is 9. The van der Waals surface area contributed by atoms with Crippen LogP contribution in [-0.4, -0.2) is 240 Å². The fraction of sp³-hybridized carbons (Fsp3) is 0.942. The van der Waals surface area contributed by atoms with Gasteiger partial charge in [-0.2, -0.15) is 0 Å². The minimum absolute atomic E-state index is 0.146. The number of allylic oxidation sites excluding steroid dienone is 2. The molecule has 23 heteroatoms. The number of ketones is 1. The van der Waals surface area contributed by atoms with Gasteiger partial charge in [0.15, 0.2) is 30.9 Å². The molecule has 5 saturated heterocycles. The van der Waals surface area contributed by atoms with E-state index in [2.05, 4.69) is 27.7 Å². The first-order valence-corrected chi connectivity index (χ1v) is 27.1. The number of hydrogen-bond donors (Lipinski definition) is 13. The fourth-order valence-corrected chi connectivity index (χ4v) is 15.7. The molecule has 5 heterocycles. The molecule has 0 amide bonds. The van der Waals surface area contributed by atoms with E-state index in [-0.39, 0.29) is 28.4 Å². The van der Waals surface area contributed by atoms with Crippen molar-refractivity contribution >= 4 is 5.78 Å². The first-order chi connectivity index (χ1) is 35.4. The predicted octanol–water partition coefficient (Wildman–Crippen LogP) is -2.47. The van der Waals surface area contributed by atoms with Crippen LogP contribution in [0.4, 0.5) is 0 Å². The van der Waals surface area contributed by atoms with Gasteiger partial charge in [-0.15, -0.1) is 0 Å². The third-order valence-corrected chi connectivity index (χ3v) is 20.5. The molecular formula is C52H84O23. The monoisotopic (exact) mass is 1080 g/mol. The summed E-state index contributed by atoms with van der Waals surface area (Å²) in [6.45, 7) is 9.55. The van der Waals surface area contributed by atoms with Gasteiger partial charge in [0.1, 0.15) is 91.6 Å². The maximum Gasteiger partial charge on any atom is 0.187 e. The van der Waals surface area contributed by atoms with Crippen molar-refractivity contribution in [3.63, 3.8) is 0 Å². The van der Waals surface area contributed by atoms with Crippen LogP contribution in [0, 0.1) is 33.5 Å². The maximum absolute atomic E-state index is 13.0. The van der Waals surface area contributed by atoms with Gasteiger partial charge in [0.05, 0.1) is 50.8 Å². The highest BCUT2D eigenvalue weighted by Gasteiger charge is 2.72. The van der Waals surface area contributed by atoms with Crippen LogP contribution in [0.25, 0.3) is 0 Å². The topological polar surface area (TPSA) is 363 Å². The highest BCUT2D eigenvalue weighted by atomic mass is 16.8. The minimum atomic E-state index is -1.92. The molecular weight excluding hydrogens is 993 g/mol. The maximum atomic E-state index is 13.0. The zero-order valence-corrected chi connectivity index (χ0v) is 43.8. The summed E-state index contributed by atoms with van der Waals surface area (Å²) < 4.78 is 54.5. The fourth-order valence-electron chi connectivity index (χ4n) is 15.7. The average Bonchev–Trinajstić information content (AvgIpc) is 3.89. The summed E-state index contributed by atoms with van der Waals surface area (Å²) in [6.07, 6.45) is -26.5. The van der Waals surface area contributed by atoms with E-state index in [0.717, 1.165) is 38.5 Å². The van der Waals surface area contributed by atoms with Crippen LogP contribution in [0.15, 0.2) is 11.1 Å². The lowest BCUT2D eigenvalue weighted by atomic mass is 9.42. The minimum Gasteiger partial charge on any atom is -0.396 e. The van der Waals surface area contributed by atoms with Gasteiger partial charge >= 0.3 is 0 Å². The molecule has 13 N–H and O–H groups in total. The molecule has 0 bridgehead atoms. The molecule has 23 nitrogen and oxygen atoms in total. The second-order valence-corrected chi connectivity index (χ2v) is 24.0. The largest absolute Gasteiger partial charge is 0.396 e. The second-order valence-electron chi connectivity index (χ2n) is 24.0. The van der Waals surface area contributed by atoms with Gasteiger partial charge in [-0.1, -0.05) is 45.8 Å². The summed E-state index contributed by atoms with van der Waals surface area (Å²) in [6, 6.07) is 0. The quantitative estimate of drug-likeness (QED) is 0.0802. The van der Waals surface area contributed by atoms with Crippen molar-refractivity contribution in [2.75, 3.05) is 33.0 Å². The van der Waals surface area contributed by atoms with Gasteiger partial charge < -0.3 is 109 Å². The number of carbonyl (C=O) groups excluding carboxylic acids is 1. The van der Waals surface area contributed by atoms with Crippen LogP contribution >= 0.6 is 0 Å². The van der Waals surface area contributed by atoms with E-state index in [4.69, 9.17) is 42.6 Å². The summed E-state index contributed by atoms with van der Waals surface area (Å²) in [5, 5.41) is 142. The summed E-state index contributed by atoms with van der Waals surface area (Å²) >= 11 is 0. The molecule has 0 unspecified atom stereocenters. The molecule has 27 atom stereocenters. The van der Waals surface area contributed by atoms with Crippen LogP contribution in [-0.2, 0) is 47.4 Å². The highest BCUT2D eigenvalue weighted by Crippen LogP contribution is 2.75. The van der Waals surface area contributed by atoms with Gasteiger partial charge in [0.25, 0.3) is 0 Å². The summed E-state index contributed by atoms with van der Waals surface area (Å²) in [7, 11) is 0. The Morgan fingerprint density at radius 3 is 1.93 bits per heavy atom. The Morgan fingerprint density at radius 2 is 1.27 bits per heavy atom. The van der Waals surface area contributed by atoms with E-state index in [1.165, 1.54) is 18.1 Å². The SMILES string of the molecule is CCC(=O)[C@@H]1C[C@H](C)[C@@]2(CC[C@@]3(C)C4=C(CC[C@]32C)[C@@]2(C)CC[C@H](O[C@H]3O[C@@H](CO[C@H]5OC[C@H](O)[C@@H](O)[C@@H]5O[C@H]5O[C@@H](CO)[C@H](O)[C@@H](O)[C@@H]5O[C@H]5O[C@@H](C)[C@H](O)[C@@H](O)[C@@H]5O)[C@H](O)[C@@H](O)[C@@H]3O)C(CO)(CO)[C@@H]2CC4)O1. The van der Waals surface area contributed by atoms with Crippen molar-refractivity contribution in [3.05, 3.63) is 11.1 Å². The molecule has 75 heavy (non-hydrogen) atoms. The van der Waals surface area contributed by atoms with E-state index >= 15 is 0 Å². The second kappa shape index (κ2) is 21.8. The first kappa shape index (κ1) is 58.2. The number of carbonyl (C=O) groups is 1. The lowest BCUT2D eigenvalue weighted by molar-refractivity contribution is -0.390. The zero-order valence-electron chi connectivity index (χ0n) is 43.8. The van der Waals surface area contributed by atoms with Gasteiger partial charge in [-0.05, 0) is 87.4 Å². The van der Waals surface area contributed by atoms with Crippen molar-refractivity contribution in [1.82, 2.24) is 0 Å². The van der Waals surface area contributed by atoms with Gasteiger partial charge in [0, 0.05) is 17.3 Å². The van der Waals surface area contributed by atoms with Crippen LogP contribution in [0.2, 0.25) is 0 Å². The first-order valence-electron chi connectivity index (χ1n) is 27.1. The van der Waals surface area contributed by atoms with Crippen molar-refractivity contribution in [1.29, 1.82) is 0 Å². The highest BCUT2D eigenvalue weighted by molar-refractivity contribution is 5.83. The van der Waals surface area contributed by atoms with E-state index in [1.54, 1.807) is 0 Å². The smallest absolute Gasteiger partial charge is 0.187 e. The third-order valence-electron chi connectivity index (χ3n) is 20.5. The molecule has 1 spiro atoms. The van der Waals surface area contributed by atoms with Crippen LogP contribution in [0.1, 0.15) is 106 Å². The molecule has 0 aromatic carbocycles. The molecule has 9 aliphatic rings. The number of hydrogen-bond acceptors (Lipinski definition) is 23. The number of fused-ring (bicyclic) bond motifs is 5. The standard InChI is InChI=1S/C52H84O23/c1-7-26(56)28-16-22(2)52(75-28)15-14-49(5)25-8-9-31-48(4,24(25)10-13-50(49,52)6)12-11-32(51(31,20-54)21-55)72-45-41(66)38(63)36(61)30(71-45)19-68-46-42(34(59)27(57)18-67-46)74-47-43(39(64)35(60)29(17-53)70-47)73-44-40(65)37(62)33(58)23(3)69-44/h22-23,27-47,53-55,57-66H,7-21H2,1-6H3/t22-,23-,27-,28-,29-,30-,31+,32-,33-,34+,35-,36-,37+,38+,39+,40-,41-,42-,43-,44+,45+,46+,47+,48+,49-,50+,52+/m0/s1. The molecule has 7 fully saturated rings. The Bertz CT molecular complexity index is 2040. The lowest BCUT2D eigenvalue weighted by Gasteiger charge is -2.64. The lowest BCUT2D eigenvalue weighted by Crippen LogP contribution is -2.66. The number of aliphatic hydroxyl groups is 13. The normalized spacial score (nSPS) is 52.9. The number of aliphatic hydroxyl groups excluding tert-OH is 13. The molecule has 0 aromatic heterocycles. The van der Waals surface area contributed by atoms with Crippen LogP contribution < -0.4 is 0 Å². The van der Waals surface area contributed by atoms with E-state index in [1.807, 2.05) is 6.92 Å². The summed E-state index contributed by atoms with van der Waals surface area (Å²) in [4.78, 5) is 13.0. The van der Waals surface area contributed by atoms with Crippen LogP contribution in [0.5, 0.6) is 0 Å². The number of Topliss-reactive ketones (excluding diaryl/α,β-unsaturated/α-hetero) is 1. The van der Waals surface area contributed by atoms with Crippen molar-refractivity contribution in [2.45, 2.75) is 240 Å². The summed E-state index contributed by atoms with van der Waals surface area (Å²) in [5.74, 6) is 0.0832. The molecule has 0 radical (unpaired) electrons. The van der Waals surface area contributed by atoms with Gasteiger partial charge in [0.2, 0.25) is 0 Å². The zero-order chi connectivity index (χ0) is 54.5. The Labute approximate surface area is 436 Å². The molecule has 2 saturated carbocycles. The molecule has 430 valence electrons. The number of rotatable bonds is 14. The molecule has 4 aliphatic carbocycles. The van der Waals surface area contributed by atoms with E-state index in [0.29, 0.717) is 25.7 Å². The van der Waals surface area contributed by atoms with E-state index in [9.17, 15) is 71.2 Å². The van der Waals surface area contributed by atoms with Crippen LogP contribution in [0.3, 0.4) is 0 Å². The van der Waals surface area contributed by atoms with Gasteiger partial charge in [-0.25, -0.2) is 0 Å². The van der Waals surface area contributed by atoms with Crippen molar-refractivity contribution in [3.8, 4) is 0 Å². The third kappa shape index (κ3) is 9.25. The van der Waals surface area contributed by atoms with Crippen molar-refractivity contribution in [2.24, 2.45) is 33.5 Å². The Balaban J connectivity index is 0.903.